The molecule has 9 aromatic carbocycles. The molecule has 0 atom stereocenters. The fraction of sp³-hybridized carbons (Fsp3) is 0.0182. The standard InChI is InChI=1S/C55H37NS/c1-4-15-38(16-5-1)40-27-30-44(31-28-40)56(45-22-14-19-41(35-45)39-17-6-2-7-18-39)46-32-33-49-50-36-43(29-34-53(50)57-54(49)37-46)55(42-20-8-3-9-21-42)51-25-12-10-23-47(51)48-24-11-13-26-52(48)55/h1-37H. The summed E-state index contributed by atoms with van der Waals surface area (Å²) in [6.07, 6.45) is 0. The monoisotopic (exact) mass is 743 g/mol. The average molecular weight is 744 g/mol. The van der Waals surface area contributed by atoms with Gasteiger partial charge in [0.25, 0.3) is 0 Å². The van der Waals surface area contributed by atoms with E-state index in [9.17, 15) is 0 Å². The van der Waals surface area contributed by atoms with Crippen molar-refractivity contribution in [1.82, 2.24) is 0 Å². The highest BCUT2D eigenvalue weighted by atomic mass is 32.1. The summed E-state index contributed by atoms with van der Waals surface area (Å²) in [7, 11) is 0. The molecule has 10 aromatic rings. The number of nitrogens with zero attached hydrogens (tertiary/aromatic N) is 1. The lowest BCUT2D eigenvalue weighted by molar-refractivity contribution is 0.770. The van der Waals surface area contributed by atoms with Crippen molar-refractivity contribution in [3.63, 3.8) is 0 Å². The zero-order valence-corrected chi connectivity index (χ0v) is 32.0. The lowest BCUT2D eigenvalue weighted by Crippen LogP contribution is -2.28. The Labute approximate surface area is 337 Å². The van der Waals surface area contributed by atoms with Crippen molar-refractivity contribution in [2.75, 3.05) is 4.90 Å². The van der Waals surface area contributed by atoms with Gasteiger partial charge >= 0.3 is 0 Å². The van der Waals surface area contributed by atoms with Gasteiger partial charge < -0.3 is 4.90 Å². The maximum Gasteiger partial charge on any atom is 0.0713 e. The van der Waals surface area contributed by atoms with E-state index in [1.807, 2.05) is 11.3 Å². The second kappa shape index (κ2) is 13.6. The Balaban J connectivity index is 1.07. The predicted molar refractivity (Wildman–Crippen MR) is 242 cm³/mol. The van der Waals surface area contributed by atoms with Crippen LogP contribution in [-0.2, 0) is 5.41 Å². The molecule has 0 amide bonds. The Bertz CT molecular complexity index is 3010. The minimum atomic E-state index is -0.427. The smallest absolute Gasteiger partial charge is 0.0713 e. The molecule has 1 nitrogen and oxygen atoms in total. The average Bonchev–Trinajstić information content (AvgIpc) is 3.81. The van der Waals surface area contributed by atoms with Crippen LogP contribution in [0.1, 0.15) is 22.3 Å². The summed E-state index contributed by atoms with van der Waals surface area (Å²) >= 11 is 1.87. The van der Waals surface area contributed by atoms with E-state index in [-0.39, 0.29) is 0 Å². The molecule has 0 spiro atoms. The molecule has 1 heterocycles. The Morgan fingerprint density at radius 3 is 1.54 bits per heavy atom. The van der Waals surface area contributed by atoms with Crippen molar-refractivity contribution in [3.05, 3.63) is 247 Å². The van der Waals surface area contributed by atoms with E-state index in [2.05, 4.69) is 229 Å². The molecule has 2 heteroatoms. The molecule has 1 aromatic heterocycles. The number of thiophene rings is 1. The molecule has 0 radical (unpaired) electrons. The summed E-state index contributed by atoms with van der Waals surface area (Å²) in [5.74, 6) is 0. The second-order valence-corrected chi connectivity index (χ2v) is 15.9. The molecular formula is C55H37NS. The maximum absolute atomic E-state index is 2.48. The number of fused-ring (bicyclic) bond motifs is 6. The fourth-order valence-corrected chi connectivity index (χ4v) is 10.3. The third-order valence-electron chi connectivity index (χ3n) is 11.7. The molecule has 0 bridgehead atoms. The Hall–Kier alpha value is -7.00. The molecular weight excluding hydrogens is 707 g/mol. The van der Waals surface area contributed by atoms with Gasteiger partial charge in [-0.05, 0) is 104 Å². The highest BCUT2D eigenvalue weighted by Crippen LogP contribution is 2.56. The molecule has 0 N–H and O–H groups in total. The van der Waals surface area contributed by atoms with Crippen LogP contribution in [0.5, 0.6) is 0 Å². The summed E-state index contributed by atoms with van der Waals surface area (Å²) < 4.78 is 2.56. The third kappa shape index (κ3) is 5.44. The van der Waals surface area contributed by atoms with Crippen LogP contribution in [0.4, 0.5) is 17.1 Å². The first-order chi connectivity index (χ1) is 28.3. The van der Waals surface area contributed by atoms with Gasteiger partial charge in [-0.2, -0.15) is 0 Å². The van der Waals surface area contributed by atoms with Gasteiger partial charge in [0.05, 0.1) is 5.41 Å². The van der Waals surface area contributed by atoms with Crippen molar-refractivity contribution in [1.29, 1.82) is 0 Å². The SMILES string of the molecule is c1ccc(-c2ccc(N(c3cccc(-c4ccccc4)c3)c3ccc4c(c3)sc3ccc(C5(c6ccccc6)c6ccccc6-c6ccccc65)cc34)cc2)cc1. The first-order valence-electron chi connectivity index (χ1n) is 19.6. The lowest BCUT2D eigenvalue weighted by atomic mass is 9.67. The first kappa shape index (κ1) is 33.3. The largest absolute Gasteiger partial charge is 0.310 e. The summed E-state index contributed by atoms with van der Waals surface area (Å²) in [5.41, 5.74) is 15.6. The van der Waals surface area contributed by atoms with E-state index in [1.165, 1.54) is 75.8 Å². The highest BCUT2D eigenvalue weighted by Gasteiger charge is 2.45. The van der Waals surface area contributed by atoms with Crippen molar-refractivity contribution in [3.8, 4) is 33.4 Å². The van der Waals surface area contributed by atoms with Crippen LogP contribution >= 0.6 is 11.3 Å². The zero-order chi connectivity index (χ0) is 37.8. The molecule has 0 unspecified atom stereocenters. The summed E-state index contributed by atoms with van der Waals surface area (Å²) in [5, 5.41) is 2.57. The van der Waals surface area contributed by atoms with E-state index in [0.717, 1.165) is 17.1 Å². The molecule has 0 aliphatic heterocycles. The minimum absolute atomic E-state index is 0.427. The normalized spacial score (nSPS) is 12.7. The Kier molecular flexibility index (Phi) is 7.98. The molecule has 57 heavy (non-hydrogen) atoms. The van der Waals surface area contributed by atoms with Crippen LogP contribution in [0, 0.1) is 0 Å². The highest BCUT2D eigenvalue weighted by molar-refractivity contribution is 7.25. The second-order valence-electron chi connectivity index (χ2n) is 14.9. The van der Waals surface area contributed by atoms with E-state index in [4.69, 9.17) is 0 Å². The maximum atomic E-state index is 2.48. The topological polar surface area (TPSA) is 3.24 Å². The van der Waals surface area contributed by atoms with Gasteiger partial charge in [0.15, 0.2) is 0 Å². The number of hydrogen-bond donors (Lipinski definition) is 0. The van der Waals surface area contributed by atoms with Gasteiger partial charge in [-0.1, -0.05) is 176 Å². The van der Waals surface area contributed by atoms with Gasteiger partial charge in [0.2, 0.25) is 0 Å². The van der Waals surface area contributed by atoms with Crippen LogP contribution in [-0.4, -0.2) is 0 Å². The first-order valence-corrected chi connectivity index (χ1v) is 20.4. The number of benzene rings is 9. The van der Waals surface area contributed by atoms with Crippen molar-refractivity contribution in [2.45, 2.75) is 5.41 Å². The van der Waals surface area contributed by atoms with Crippen molar-refractivity contribution >= 4 is 48.6 Å². The molecule has 0 fully saturated rings. The van der Waals surface area contributed by atoms with Crippen molar-refractivity contribution in [2.24, 2.45) is 0 Å². The van der Waals surface area contributed by atoms with Gasteiger partial charge in [0.1, 0.15) is 0 Å². The predicted octanol–water partition coefficient (Wildman–Crippen LogP) is 15.2. The van der Waals surface area contributed by atoms with Crippen LogP contribution in [0.15, 0.2) is 224 Å². The van der Waals surface area contributed by atoms with Gasteiger partial charge in [-0.15, -0.1) is 11.3 Å². The molecule has 1 aliphatic rings. The van der Waals surface area contributed by atoms with Gasteiger partial charge in [0, 0.05) is 37.2 Å². The van der Waals surface area contributed by atoms with E-state index in [0.29, 0.717) is 0 Å². The molecule has 0 saturated heterocycles. The van der Waals surface area contributed by atoms with Gasteiger partial charge in [-0.3, -0.25) is 0 Å². The molecule has 268 valence electrons. The summed E-state index contributed by atoms with van der Waals surface area (Å²) in [4.78, 5) is 2.40. The Morgan fingerprint density at radius 1 is 0.316 bits per heavy atom. The van der Waals surface area contributed by atoms with Crippen molar-refractivity contribution < 1.29 is 0 Å². The molecule has 11 rings (SSSR count). The van der Waals surface area contributed by atoms with E-state index < -0.39 is 5.41 Å². The minimum Gasteiger partial charge on any atom is -0.310 e. The van der Waals surface area contributed by atoms with Gasteiger partial charge in [-0.25, -0.2) is 0 Å². The van der Waals surface area contributed by atoms with Crippen LogP contribution in [0.2, 0.25) is 0 Å². The third-order valence-corrected chi connectivity index (χ3v) is 12.9. The van der Waals surface area contributed by atoms with E-state index in [1.54, 1.807) is 0 Å². The number of rotatable bonds is 7. The van der Waals surface area contributed by atoms with Crippen LogP contribution in [0.25, 0.3) is 53.6 Å². The number of anilines is 3. The quantitative estimate of drug-likeness (QED) is 0.157. The summed E-state index contributed by atoms with van der Waals surface area (Å²) in [6.45, 7) is 0. The Morgan fingerprint density at radius 2 is 0.860 bits per heavy atom. The van der Waals surface area contributed by atoms with Crippen LogP contribution < -0.4 is 4.90 Å². The number of hydrogen-bond acceptors (Lipinski definition) is 2. The summed E-state index contributed by atoms with van der Waals surface area (Å²) in [6, 6.07) is 82.4. The molecule has 0 saturated carbocycles. The molecule has 1 aliphatic carbocycles. The van der Waals surface area contributed by atoms with Crippen LogP contribution in [0.3, 0.4) is 0 Å². The fourth-order valence-electron chi connectivity index (χ4n) is 9.19. The van der Waals surface area contributed by atoms with E-state index >= 15 is 0 Å². The lowest BCUT2D eigenvalue weighted by Gasteiger charge is -2.34. The zero-order valence-electron chi connectivity index (χ0n) is 31.2.